The van der Waals surface area contributed by atoms with Crippen LogP contribution in [0.1, 0.15) is 52.4 Å². The Morgan fingerprint density at radius 2 is 1.89 bits per heavy atom. The number of carbonyl (C=O) groups is 3. The van der Waals surface area contributed by atoms with Gasteiger partial charge in [-0.15, -0.1) is 11.8 Å². The van der Waals surface area contributed by atoms with Gasteiger partial charge in [0.15, 0.2) is 0 Å². The van der Waals surface area contributed by atoms with Crippen LogP contribution in [0.4, 0.5) is 5.69 Å². The summed E-state index contributed by atoms with van der Waals surface area (Å²) in [5.74, 6) is -0.362. The van der Waals surface area contributed by atoms with Gasteiger partial charge in [0.05, 0.1) is 23.7 Å². The topological polar surface area (TPSA) is 108 Å². The van der Waals surface area contributed by atoms with Gasteiger partial charge in [-0.05, 0) is 55.9 Å². The maximum absolute atomic E-state index is 14.0. The van der Waals surface area contributed by atoms with Crippen LogP contribution in [0.2, 0.25) is 0 Å². The van der Waals surface area contributed by atoms with E-state index in [1.165, 1.54) is 0 Å². The Morgan fingerprint density at radius 1 is 1.17 bits per heavy atom. The van der Waals surface area contributed by atoms with Crippen molar-refractivity contribution in [1.29, 1.82) is 0 Å². The number of anilines is 1. The molecule has 2 bridgehead atoms. The standard InChI is InChI=1S/C27H39N3O5S/c1-4-13-28-24(32)21-20-16-17(2)27(36-20)22(21)26(34)30(14-7-5-6-8-15-31)23(27)25(33)29-18-9-11-19(35-3)12-10-18/h9-12,17,20-23,31H,4-8,13-16H2,1-3H3,(H,28,32)(H,29,33)/t17?,20-,21+,22-,23?,27?/m0/s1. The van der Waals surface area contributed by atoms with E-state index in [4.69, 9.17) is 9.84 Å². The Bertz CT molecular complexity index is 957. The molecule has 9 heteroatoms. The lowest BCUT2D eigenvalue weighted by Crippen LogP contribution is -2.55. The number of unbranched alkanes of at least 4 members (excludes halogenated alkanes) is 3. The highest BCUT2D eigenvalue weighted by atomic mass is 32.2. The van der Waals surface area contributed by atoms with Crippen LogP contribution < -0.4 is 15.4 Å². The molecule has 3 amide bonds. The second kappa shape index (κ2) is 11.4. The Hall–Kier alpha value is -2.26. The second-order valence-electron chi connectivity index (χ2n) is 10.2. The van der Waals surface area contributed by atoms with Crippen LogP contribution in [0.15, 0.2) is 24.3 Å². The number of carbonyl (C=O) groups excluding carboxylic acids is 3. The zero-order valence-corrected chi connectivity index (χ0v) is 22.3. The van der Waals surface area contributed by atoms with E-state index in [2.05, 4.69) is 17.6 Å². The van der Waals surface area contributed by atoms with E-state index in [9.17, 15) is 14.4 Å². The van der Waals surface area contributed by atoms with Gasteiger partial charge in [-0.2, -0.15) is 0 Å². The molecular formula is C27H39N3O5S. The summed E-state index contributed by atoms with van der Waals surface area (Å²) in [7, 11) is 1.59. The van der Waals surface area contributed by atoms with E-state index in [-0.39, 0.29) is 35.5 Å². The fourth-order valence-electron chi connectivity index (χ4n) is 6.36. The van der Waals surface area contributed by atoms with Crippen molar-refractivity contribution >= 4 is 35.2 Å². The zero-order chi connectivity index (χ0) is 25.9. The number of likely N-dealkylation sites (tertiary alicyclic amines) is 1. The minimum atomic E-state index is -0.635. The van der Waals surface area contributed by atoms with Crippen molar-refractivity contribution in [3.63, 3.8) is 0 Å². The lowest BCUT2D eigenvalue weighted by atomic mass is 9.66. The van der Waals surface area contributed by atoms with E-state index >= 15 is 0 Å². The molecule has 36 heavy (non-hydrogen) atoms. The summed E-state index contributed by atoms with van der Waals surface area (Å²) in [6.07, 6.45) is 4.91. The number of amides is 3. The van der Waals surface area contributed by atoms with Crippen LogP contribution in [0, 0.1) is 17.8 Å². The third-order valence-electron chi connectivity index (χ3n) is 8.01. The summed E-state index contributed by atoms with van der Waals surface area (Å²) in [5, 5.41) is 15.2. The number of nitrogens with one attached hydrogen (secondary N) is 2. The Labute approximate surface area is 217 Å². The van der Waals surface area contributed by atoms with E-state index < -0.39 is 22.6 Å². The summed E-state index contributed by atoms with van der Waals surface area (Å²) in [6.45, 7) is 5.37. The molecule has 4 rings (SSSR count). The van der Waals surface area contributed by atoms with Gasteiger partial charge in [-0.3, -0.25) is 14.4 Å². The van der Waals surface area contributed by atoms with Gasteiger partial charge >= 0.3 is 0 Å². The summed E-state index contributed by atoms with van der Waals surface area (Å²) in [6, 6.07) is 6.55. The highest BCUT2D eigenvalue weighted by Crippen LogP contribution is 2.68. The van der Waals surface area contributed by atoms with Gasteiger partial charge in [0.1, 0.15) is 11.8 Å². The summed E-state index contributed by atoms with van der Waals surface area (Å²) in [4.78, 5) is 42.8. The Balaban J connectivity index is 1.62. The number of methoxy groups -OCH3 is 1. The normalized spacial score (nSPS) is 30.4. The third-order valence-corrected chi connectivity index (χ3v) is 10.1. The molecule has 198 valence electrons. The molecule has 0 aliphatic carbocycles. The van der Waals surface area contributed by atoms with Crippen molar-refractivity contribution in [1.82, 2.24) is 10.2 Å². The van der Waals surface area contributed by atoms with Crippen molar-refractivity contribution in [2.75, 3.05) is 32.1 Å². The van der Waals surface area contributed by atoms with E-state index in [1.807, 2.05) is 6.92 Å². The molecule has 8 nitrogen and oxygen atoms in total. The summed E-state index contributed by atoms with van der Waals surface area (Å²) >= 11 is 1.70. The molecule has 6 atom stereocenters. The van der Waals surface area contributed by atoms with Crippen LogP contribution in [0.5, 0.6) is 5.75 Å². The zero-order valence-electron chi connectivity index (χ0n) is 21.5. The van der Waals surface area contributed by atoms with Crippen molar-refractivity contribution in [3.05, 3.63) is 24.3 Å². The van der Waals surface area contributed by atoms with Crippen molar-refractivity contribution in [2.45, 2.75) is 68.4 Å². The third kappa shape index (κ3) is 4.72. The molecule has 0 saturated carbocycles. The first-order valence-corrected chi connectivity index (χ1v) is 14.1. The molecule has 3 heterocycles. The maximum Gasteiger partial charge on any atom is 0.248 e. The quantitative estimate of drug-likeness (QED) is 0.368. The number of nitrogens with zero attached hydrogens (tertiary/aromatic N) is 1. The molecule has 3 fully saturated rings. The number of rotatable bonds is 12. The van der Waals surface area contributed by atoms with Gasteiger partial charge in [-0.1, -0.05) is 26.7 Å². The predicted octanol–water partition coefficient (Wildman–Crippen LogP) is 3.05. The van der Waals surface area contributed by atoms with Gasteiger partial charge in [0.25, 0.3) is 0 Å². The highest BCUT2D eigenvalue weighted by molar-refractivity contribution is 8.02. The lowest BCUT2D eigenvalue weighted by Gasteiger charge is -2.38. The average Bonchev–Trinajstić information content (AvgIpc) is 3.46. The van der Waals surface area contributed by atoms with E-state index in [0.717, 1.165) is 38.5 Å². The molecule has 3 saturated heterocycles. The number of fused-ring (bicyclic) bond motifs is 1. The van der Waals surface area contributed by atoms with Gasteiger partial charge in [-0.25, -0.2) is 0 Å². The summed E-state index contributed by atoms with van der Waals surface area (Å²) in [5.41, 5.74) is 0.651. The van der Waals surface area contributed by atoms with Crippen LogP contribution >= 0.6 is 11.8 Å². The second-order valence-corrected chi connectivity index (χ2v) is 11.8. The smallest absolute Gasteiger partial charge is 0.248 e. The fourth-order valence-corrected chi connectivity index (χ4v) is 8.78. The number of hydrogen-bond acceptors (Lipinski definition) is 6. The molecule has 0 radical (unpaired) electrons. The van der Waals surface area contributed by atoms with Gasteiger partial charge < -0.3 is 25.4 Å². The molecule has 3 N–H and O–H groups in total. The van der Waals surface area contributed by atoms with E-state index in [1.54, 1.807) is 48.0 Å². The number of thioether (sulfide) groups is 1. The van der Waals surface area contributed by atoms with Crippen LogP contribution in [-0.4, -0.2) is 70.6 Å². The lowest BCUT2D eigenvalue weighted by molar-refractivity contribution is -0.139. The maximum atomic E-state index is 14.0. The first-order chi connectivity index (χ1) is 17.4. The molecule has 1 aromatic carbocycles. The molecule has 0 aromatic heterocycles. The minimum Gasteiger partial charge on any atom is -0.497 e. The van der Waals surface area contributed by atoms with Crippen molar-refractivity contribution < 1.29 is 24.2 Å². The van der Waals surface area contributed by atoms with Crippen LogP contribution in [-0.2, 0) is 14.4 Å². The molecule has 3 aliphatic heterocycles. The highest BCUT2D eigenvalue weighted by Gasteiger charge is 2.75. The molecule has 3 aliphatic rings. The van der Waals surface area contributed by atoms with Crippen LogP contribution in [0.25, 0.3) is 0 Å². The molecule has 1 spiro atoms. The largest absolute Gasteiger partial charge is 0.497 e. The van der Waals surface area contributed by atoms with Crippen molar-refractivity contribution in [3.8, 4) is 5.75 Å². The van der Waals surface area contributed by atoms with Crippen LogP contribution in [0.3, 0.4) is 0 Å². The molecule has 3 unspecified atom stereocenters. The van der Waals surface area contributed by atoms with Crippen molar-refractivity contribution in [2.24, 2.45) is 17.8 Å². The predicted molar refractivity (Wildman–Crippen MR) is 141 cm³/mol. The first-order valence-electron chi connectivity index (χ1n) is 13.2. The van der Waals surface area contributed by atoms with E-state index in [0.29, 0.717) is 24.5 Å². The fraction of sp³-hybridized carbons (Fsp3) is 0.667. The number of benzene rings is 1. The summed E-state index contributed by atoms with van der Waals surface area (Å²) < 4.78 is 4.61. The number of aliphatic hydroxyl groups is 1. The average molecular weight is 518 g/mol. The molecule has 1 aromatic rings. The molecular weight excluding hydrogens is 478 g/mol. The number of aliphatic hydroxyl groups excluding tert-OH is 1. The van der Waals surface area contributed by atoms with Gasteiger partial charge in [0, 0.05) is 30.6 Å². The SMILES string of the molecule is CCCNC(=O)[C@@H]1[C@@H]2CC(C)C3(S2)C(C(=O)Nc2ccc(OC)cc2)N(CCCCCCO)C(=O)[C@H]13. The Kier molecular flexibility index (Phi) is 8.50. The van der Waals surface area contributed by atoms with Gasteiger partial charge in [0.2, 0.25) is 17.7 Å². The first kappa shape index (κ1) is 26.8. The number of ether oxygens (including phenoxy) is 1. The Morgan fingerprint density at radius 3 is 2.56 bits per heavy atom. The number of hydrogen-bond donors (Lipinski definition) is 3. The minimum absolute atomic E-state index is 0.0498. The monoisotopic (exact) mass is 517 g/mol.